The quantitative estimate of drug-likeness (QED) is 0.719. The summed E-state index contributed by atoms with van der Waals surface area (Å²) in [4.78, 5) is 12.4. The van der Waals surface area contributed by atoms with Crippen molar-refractivity contribution >= 4 is 5.78 Å². The Kier molecular flexibility index (Phi) is 4.67. The number of hydrogen-bond donors (Lipinski definition) is 0. The van der Waals surface area contributed by atoms with Crippen LogP contribution in [0, 0.1) is 12.7 Å². The minimum Gasteiger partial charge on any atom is -0.289 e. The lowest BCUT2D eigenvalue weighted by Gasteiger charge is -2.06. The monoisotopic (exact) mass is 270 g/mol. The van der Waals surface area contributed by atoms with Gasteiger partial charge >= 0.3 is 0 Å². The van der Waals surface area contributed by atoms with Crippen molar-refractivity contribution in [3.63, 3.8) is 0 Å². The average molecular weight is 270 g/mol. The Labute approximate surface area is 119 Å². The fourth-order valence-corrected chi connectivity index (χ4v) is 2.24. The van der Waals surface area contributed by atoms with Crippen molar-refractivity contribution in [2.45, 2.75) is 33.1 Å². The van der Waals surface area contributed by atoms with Crippen LogP contribution in [0.3, 0.4) is 0 Å². The van der Waals surface area contributed by atoms with Crippen molar-refractivity contribution in [3.05, 3.63) is 70.5 Å². The molecule has 2 rings (SSSR count). The van der Waals surface area contributed by atoms with Gasteiger partial charge in [0, 0.05) is 11.1 Å². The number of unbranched alkanes of at least 4 members (excludes halogenated alkanes) is 1. The number of benzene rings is 2. The summed E-state index contributed by atoms with van der Waals surface area (Å²) in [6.45, 7) is 3.92. The first-order valence-electron chi connectivity index (χ1n) is 7.01. The van der Waals surface area contributed by atoms with Gasteiger partial charge in [-0.15, -0.1) is 0 Å². The maximum atomic E-state index is 13.1. The molecule has 0 N–H and O–H groups in total. The van der Waals surface area contributed by atoms with E-state index in [0.29, 0.717) is 16.7 Å². The second-order valence-corrected chi connectivity index (χ2v) is 5.09. The number of ketones is 1. The fourth-order valence-electron chi connectivity index (χ4n) is 2.24. The van der Waals surface area contributed by atoms with E-state index < -0.39 is 0 Å². The largest absolute Gasteiger partial charge is 0.289 e. The number of aryl methyl sites for hydroxylation is 2. The van der Waals surface area contributed by atoms with Gasteiger partial charge in [-0.1, -0.05) is 37.6 Å². The molecule has 2 aromatic carbocycles. The summed E-state index contributed by atoms with van der Waals surface area (Å²) in [5.41, 5.74) is 3.14. The minimum absolute atomic E-state index is 0.0514. The molecule has 0 spiro atoms. The molecule has 0 aromatic heterocycles. The highest BCUT2D eigenvalue weighted by atomic mass is 19.1. The molecule has 0 saturated carbocycles. The van der Waals surface area contributed by atoms with Crippen LogP contribution < -0.4 is 0 Å². The summed E-state index contributed by atoms with van der Waals surface area (Å²) in [5.74, 6) is -0.362. The van der Waals surface area contributed by atoms with Gasteiger partial charge < -0.3 is 0 Å². The zero-order valence-electron chi connectivity index (χ0n) is 11.9. The Morgan fingerprint density at radius 1 is 1.10 bits per heavy atom. The van der Waals surface area contributed by atoms with Gasteiger partial charge in [0.15, 0.2) is 5.78 Å². The summed E-state index contributed by atoms with van der Waals surface area (Å²) in [5, 5.41) is 0. The molecule has 2 heteroatoms. The predicted octanol–water partition coefficient (Wildman–Crippen LogP) is 4.71. The van der Waals surface area contributed by atoms with E-state index in [1.165, 1.54) is 17.7 Å². The summed E-state index contributed by atoms with van der Waals surface area (Å²) >= 11 is 0. The van der Waals surface area contributed by atoms with Crippen LogP contribution in [0.4, 0.5) is 4.39 Å². The summed E-state index contributed by atoms with van der Waals surface area (Å²) < 4.78 is 13.1. The molecule has 1 nitrogen and oxygen atoms in total. The summed E-state index contributed by atoms with van der Waals surface area (Å²) in [7, 11) is 0. The molecule has 0 saturated heterocycles. The Balaban J connectivity index is 2.20. The number of halogens is 1. The maximum Gasteiger partial charge on any atom is 0.193 e. The van der Waals surface area contributed by atoms with E-state index >= 15 is 0 Å². The van der Waals surface area contributed by atoms with Gasteiger partial charge in [-0.2, -0.15) is 0 Å². The predicted molar refractivity (Wildman–Crippen MR) is 79.6 cm³/mol. The van der Waals surface area contributed by atoms with Crippen LogP contribution >= 0.6 is 0 Å². The number of carbonyl (C=O) groups is 1. The van der Waals surface area contributed by atoms with Gasteiger partial charge in [-0.05, 0) is 49.1 Å². The molecule has 0 unspecified atom stereocenters. The van der Waals surface area contributed by atoms with Crippen LogP contribution in [-0.4, -0.2) is 5.78 Å². The van der Waals surface area contributed by atoms with Crippen molar-refractivity contribution < 1.29 is 9.18 Å². The van der Waals surface area contributed by atoms with Gasteiger partial charge in [-0.25, -0.2) is 4.39 Å². The van der Waals surface area contributed by atoms with Gasteiger partial charge in [-0.3, -0.25) is 4.79 Å². The second-order valence-electron chi connectivity index (χ2n) is 5.09. The molecule has 0 amide bonds. The third-order valence-corrected chi connectivity index (χ3v) is 3.47. The second kappa shape index (κ2) is 6.47. The summed E-state index contributed by atoms with van der Waals surface area (Å²) in [6.07, 6.45) is 3.36. The van der Waals surface area contributed by atoms with Crippen LogP contribution in [0.25, 0.3) is 0 Å². The molecule has 0 aliphatic carbocycles. The molecule has 2 aromatic rings. The standard InChI is InChI=1S/C18H19FO/c1-3-4-5-14-6-8-15(9-7-14)18(20)17-11-10-16(19)12-13(17)2/h6-12H,3-5H2,1-2H3. The van der Waals surface area contributed by atoms with E-state index in [9.17, 15) is 9.18 Å². The van der Waals surface area contributed by atoms with E-state index in [-0.39, 0.29) is 11.6 Å². The lowest BCUT2D eigenvalue weighted by atomic mass is 9.97. The topological polar surface area (TPSA) is 17.1 Å². The highest BCUT2D eigenvalue weighted by Crippen LogP contribution is 2.16. The van der Waals surface area contributed by atoms with E-state index in [2.05, 4.69) is 6.92 Å². The molecule has 0 aliphatic rings. The van der Waals surface area contributed by atoms with E-state index in [1.807, 2.05) is 24.3 Å². The third-order valence-electron chi connectivity index (χ3n) is 3.47. The molecule has 104 valence electrons. The van der Waals surface area contributed by atoms with Crippen LogP contribution in [0.1, 0.15) is 46.8 Å². The zero-order chi connectivity index (χ0) is 14.5. The van der Waals surface area contributed by atoms with Gasteiger partial charge in [0.2, 0.25) is 0 Å². The molecular formula is C18H19FO. The minimum atomic E-state index is -0.311. The molecule has 0 heterocycles. The molecule has 0 bridgehead atoms. The van der Waals surface area contributed by atoms with E-state index in [0.717, 1.165) is 19.3 Å². The molecule has 0 aliphatic heterocycles. The Morgan fingerprint density at radius 3 is 2.40 bits per heavy atom. The van der Waals surface area contributed by atoms with Crippen molar-refractivity contribution in [1.29, 1.82) is 0 Å². The van der Waals surface area contributed by atoms with E-state index in [1.54, 1.807) is 13.0 Å². The number of hydrogen-bond acceptors (Lipinski definition) is 1. The Hall–Kier alpha value is -1.96. The highest BCUT2D eigenvalue weighted by molar-refractivity contribution is 6.09. The summed E-state index contributed by atoms with van der Waals surface area (Å²) in [6, 6.07) is 12.0. The first-order valence-corrected chi connectivity index (χ1v) is 7.01. The molecule has 0 fully saturated rings. The van der Waals surface area contributed by atoms with Crippen LogP contribution in [0.2, 0.25) is 0 Å². The van der Waals surface area contributed by atoms with E-state index in [4.69, 9.17) is 0 Å². The normalized spacial score (nSPS) is 10.6. The van der Waals surface area contributed by atoms with Crippen LogP contribution in [0.15, 0.2) is 42.5 Å². The number of rotatable bonds is 5. The van der Waals surface area contributed by atoms with Gasteiger partial charge in [0.25, 0.3) is 0 Å². The fraction of sp³-hybridized carbons (Fsp3) is 0.278. The lowest BCUT2D eigenvalue weighted by Crippen LogP contribution is -2.04. The van der Waals surface area contributed by atoms with Gasteiger partial charge in [0.05, 0.1) is 0 Å². The van der Waals surface area contributed by atoms with Crippen molar-refractivity contribution in [2.75, 3.05) is 0 Å². The van der Waals surface area contributed by atoms with Crippen molar-refractivity contribution in [2.24, 2.45) is 0 Å². The SMILES string of the molecule is CCCCc1ccc(C(=O)c2ccc(F)cc2C)cc1. The highest BCUT2D eigenvalue weighted by Gasteiger charge is 2.12. The zero-order valence-corrected chi connectivity index (χ0v) is 11.9. The Bertz CT molecular complexity index is 599. The van der Waals surface area contributed by atoms with Crippen molar-refractivity contribution in [1.82, 2.24) is 0 Å². The molecule has 20 heavy (non-hydrogen) atoms. The number of carbonyl (C=O) groups excluding carboxylic acids is 1. The van der Waals surface area contributed by atoms with Crippen LogP contribution in [-0.2, 0) is 6.42 Å². The first kappa shape index (κ1) is 14.4. The van der Waals surface area contributed by atoms with Crippen molar-refractivity contribution in [3.8, 4) is 0 Å². The van der Waals surface area contributed by atoms with Gasteiger partial charge in [0.1, 0.15) is 5.82 Å². The van der Waals surface area contributed by atoms with Crippen LogP contribution in [0.5, 0.6) is 0 Å². The average Bonchev–Trinajstić information content (AvgIpc) is 2.45. The lowest BCUT2D eigenvalue weighted by molar-refractivity contribution is 0.103. The maximum absolute atomic E-state index is 13.1. The first-order chi connectivity index (χ1) is 9.61. The smallest absolute Gasteiger partial charge is 0.193 e. The molecular weight excluding hydrogens is 251 g/mol. The Morgan fingerprint density at radius 2 is 1.80 bits per heavy atom. The molecule has 0 radical (unpaired) electrons. The third kappa shape index (κ3) is 3.32. The molecule has 0 atom stereocenters.